The zero-order chi connectivity index (χ0) is 14.2. The first kappa shape index (κ1) is 14.3. The molecule has 0 spiro atoms. The van der Waals surface area contributed by atoms with Crippen molar-refractivity contribution in [1.29, 1.82) is 0 Å². The molecule has 0 aliphatic rings. The predicted molar refractivity (Wildman–Crippen MR) is 80.7 cm³/mol. The van der Waals surface area contributed by atoms with Crippen LogP contribution in [0.15, 0.2) is 55.4 Å². The number of aromatic nitrogens is 2. The second kappa shape index (κ2) is 7.50. The van der Waals surface area contributed by atoms with Gasteiger partial charge in [-0.2, -0.15) is 5.10 Å². The van der Waals surface area contributed by atoms with Gasteiger partial charge in [0.25, 0.3) is 0 Å². The second-order valence-corrected chi connectivity index (χ2v) is 4.75. The van der Waals surface area contributed by atoms with Gasteiger partial charge in [-0.15, -0.1) is 0 Å². The third kappa shape index (κ3) is 4.55. The van der Waals surface area contributed by atoms with E-state index in [2.05, 4.69) is 36.1 Å². The van der Waals surface area contributed by atoms with Crippen LogP contribution in [0.2, 0.25) is 0 Å². The minimum absolute atomic E-state index is 0.367. The molecular formula is C16H21N3O. The molecule has 0 amide bonds. The number of ether oxygens (including phenoxy) is 1. The van der Waals surface area contributed by atoms with Crippen LogP contribution in [0.4, 0.5) is 0 Å². The van der Waals surface area contributed by atoms with Gasteiger partial charge in [0.1, 0.15) is 12.4 Å². The molecule has 0 fully saturated rings. The third-order valence-electron chi connectivity index (χ3n) is 2.97. The van der Waals surface area contributed by atoms with Crippen molar-refractivity contribution in [1.82, 2.24) is 15.1 Å². The number of hydrogen-bond donors (Lipinski definition) is 1. The maximum absolute atomic E-state index is 5.46. The maximum Gasteiger partial charge on any atom is 0.119 e. The van der Waals surface area contributed by atoms with Gasteiger partial charge in [-0.3, -0.25) is 4.68 Å². The lowest BCUT2D eigenvalue weighted by molar-refractivity contribution is 0.363. The fraction of sp³-hybridized carbons (Fsp3) is 0.312. The average Bonchev–Trinajstić information content (AvgIpc) is 2.97. The zero-order valence-electron chi connectivity index (χ0n) is 11.8. The molecule has 2 rings (SSSR count). The molecule has 1 atom stereocenters. The molecule has 0 saturated heterocycles. The lowest BCUT2D eigenvalue weighted by Gasteiger charge is -2.14. The van der Waals surface area contributed by atoms with Crippen LogP contribution in [0.5, 0.6) is 5.75 Å². The quantitative estimate of drug-likeness (QED) is 0.750. The molecule has 0 aliphatic heterocycles. The van der Waals surface area contributed by atoms with Crippen molar-refractivity contribution < 1.29 is 4.74 Å². The van der Waals surface area contributed by atoms with E-state index in [0.29, 0.717) is 12.6 Å². The molecule has 0 saturated carbocycles. The molecule has 0 aliphatic carbocycles. The van der Waals surface area contributed by atoms with Gasteiger partial charge in [0.05, 0.1) is 6.54 Å². The fourth-order valence-corrected chi connectivity index (χ4v) is 1.90. The summed E-state index contributed by atoms with van der Waals surface area (Å²) in [6, 6.07) is 10.4. The summed E-state index contributed by atoms with van der Waals surface area (Å²) in [4.78, 5) is 0. The molecule has 1 heterocycles. The highest BCUT2D eigenvalue weighted by molar-refractivity contribution is 5.27. The van der Waals surface area contributed by atoms with Crippen LogP contribution in [0, 0.1) is 0 Å². The van der Waals surface area contributed by atoms with Gasteiger partial charge in [-0.1, -0.05) is 24.8 Å². The van der Waals surface area contributed by atoms with Crippen LogP contribution in [0.3, 0.4) is 0 Å². The predicted octanol–water partition coefficient (Wildman–Crippen LogP) is 2.63. The van der Waals surface area contributed by atoms with Crippen LogP contribution in [0.25, 0.3) is 0 Å². The summed E-state index contributed by atoms with van der Waals surface area (Å²) < 4.78 is 7.39. The standard InChI is InChI=1S/C16H21N3O/c1-3-11-20-16-7-5-15(6-8-16)12-17-14(2)13-19-10-4-9-18-19/h3-10,14,17H,1,11-13H2,2H3. The summed E-state index contributed by atoms with van der Waals surface area (Å²) in [5, 5.41) is 7.69. The number of hydrogen-bond acceptors (Lipinski definition) is 3. The van der Waals surface area contributed by atoms with E-state index in [4.69, 9.17) is 4.74 Å². The van der Waals surface area contributed by atoms with Gasteiger partial charge in [-0.05, 0) is 30.7 Å². The highest BCUT2D eigenvalue weighted by Gasteiger charge is 2.03. The van der Waals surface area contributed by atoms with Crippen molar-refractivity contribution in [3.05, 3.63) is 60.9 Å². The summed E-state index contributed by atoms with van der Waals surface area (Å²) >= 11 is 0. The summed E-state index contributed by atoms with van der Waals surface area (Å²) in [6.07, 6.45) is 5.52. The Balaban J connectivity index is 1.77. The first-order chi connectivity index (χ1) is 9.78. The van der Waals surface area contributed by atoms with Crippen molar-refractivity contribution in [3.63, 3.8) is 0 Å². The Bertz CT molecular complexity index is 505. The zero-order valence-corrected chi connectivity index (χ0v) is 11.8. The molecule has 1 aromatic carbocycles. The lowest BCUT2D eigenvalue weighted by Crippen LogP contribution is -2.30. The number of nitrogens with one attached hydrogen (secondary N) is 1. The smallest absolute Gasteiger partial charge is 0.119 e. The minimum Gasteiger partial charge on any atom is -0.490 e. The molecular weight excluding hydrogens is 250 g/mol. The van der Waals surface area contributed by atoms with Crippen LogP contribution in [-0.4, -0.2) is 22.4 Å². The average molecular weight is 271 g/mol. The normalized spacial score (nSPS) is 12.1. The Hall–Kier alpha value is -2.07. The Labute approximate surface area is 120 Å². The molecule has 20 heavy (non-hydrogen) atoms. The lowest BCUT2D eigenvalue weighted by atomic mass is 10.2. The highest BCUT2D eigenvalue weighted by Crippen LogP contribution is 2.12. The molecule has 2 aromatic rings. The van der Waals surface area contributed by atoms with Gasteiger partial charge in [-0.25, -0.2) is 0 Å². The first-order valence-electron chi connectivity index (χ1n) is 6.81. The highest BCUT2D eigenvalue weighted by atomic mass is 16.5. The molecule has 4 heteroatoms. The molecule has 106 valence electrons. The van der Waals surface area contributed by atoms with Gasteiger partial charge >= 0.3 is 0 Å². The second-order valence-electron chi connectivity index (χ2n) is 4.75. The summed E-state index contributed by atoms with van der Waals surface area (Å²) in [7, 11) is 0. The number of benzene rings is 1. The van der Waals surface area contributed by atoms with E-state index in [0.717, 1.165) is 18.8 Å². The van der Waals surface area contributed by atoms with Crippen LogP contribution in [0.1, 0.15) is 12.5 Å². The van der Waals surface area contributed by atoms with Gasteiger partial charge < -0.3 is 10.1 Å². The first-order valence-corrected chi connectivity index (χ1v) is 6.81. The Morgan fingerprint density at radius 2 is 2.20 bits per heavy atom. The van der Waals surface area contributed by atoms with Crippen molar-refractivity contribution in [2.75, 3.05) is 6.61 Å². The number of nitrogens with zero attached hydrogens (tertiary/aromatic N) is 2. The van der Waals surface area contributed by atoms with E-state index in [1.807, 2.05) is 29.1 Å². The van der Waals surface area contributed by atoms with E-state index in [1.165, 1.54) is 5.56 Å². The molecule has 0 radical (unpaired) electrons. The van der Waals surface area contributed by atoms with Crippen molar-refractivity contribution in [2.24, 2.45) is 0 Å². The van der Waals surface area contributed by atoms with Crippen LogP contribution >= 0.6 is 0 Å². The van der Waals surface area contributed by atoms with Crippen LogP contribution < -0.4 is 10.1 Å². The SMILES string of the molecule is C=CCOc1ccc(CNC(C)Cn2cccn2)cc1. The minimum atomic E-state index is 0.367. The van der Waals surface area contributed by atoms with E-state index in [9.17, 15) is 0 Å². The summed E-state index contributed by atoms with van der Waals surface area (Å²) in [5.74, 6) is 0.873. The third-order valence-corrected chi connectivity index (χ3v) is 2.97. The monoisotopic (exact) mass is 271 g/mol. The topological polar surface area (TPSA) is 39.1 Å². The van der Waals surface area contributed by atoms with Crippen molar-refractivity contribution in [2.45, 2.75) is 26.1 Å². The van der Waals surface area contributed by atoms with E-state index in [1.54, 1.807) is 12.3 Å². The van der Waals surface area contributed by atoms with Crippen molar-refractivity contribution in [3.8, 4) is 5.75 Å². The Kier molecular flexibility index (Phi) is 5.38. The molecule has 1 N–H and O–H groups in total. The largest absolute Gasteiger partial charge is 0.490 e. The summed E-state index contributed by atoms with van der Waals surface area (Å²) in [6.45, 7) is 8.03. The van der Waals surface area contributed by atoms with Gasteiger partial charge in [0.15, 0.2) is 0 Å². The Morgan fingerprint density at radius 3 is 2.85 bits per heavy atom. The molecule has 1 aromatic heterocycles. The maximum atomic E-state index is 5.46. The van der Waals surface area contributed by atoms with Gasteiger partial charge in [0, 0.05) is 25.0 Å². The fourth-order valence-electron chi connectivity index (χ4n) is 1.90. The van der Waals surface area contributed by atoms with E-state index < -0.39 is 0 Å². The van der Waals surface area contributed by atoms with E-state index >= 15 is 0 Å². The van der Waals surface area contributed by atoms with E-state index in [-0.39, 0.29) is 0 Å². The summed E-state index contributed by atoms with van der Waals surface area (Å²) in [5.41, 5.74) is 1.24. The van der Waals surface area contributed by atoms with Crippen LogP contribution in [-0.2, 0) is 13.1 Å². The molecule has 0 bridgehead atoms. The Morgan fingerprint density at radius 1 is 1.40 bits per heavy atom. The van der Waals surface area contributed by atoms with Gasteiger partial charge in [0.2, 0.25) is 0 Å². The molecule has 1 unspecified atom stereocenters. The molecule has 4 nitrogen and oxygen atoms in total. The van der Waals surface area contributed by atoms with Crippen molar-refractivity contribution >= 4 is 0 Å². The number of rotatable bonds is 8.